The summed E-state index contributed by atoms with van der Waals surface area (Å²) in [5.41, 5.74) is 0. The summed E-state index contributed by atoms with van der Waals surface area (Å²) in [7, 11) is 0. The van der Waals surface area contributed by atoms with Crippen LogP contribution >= 0.6 is 35.0 Å². The maximum Gasteiger partial charge on any atom is 0.233 e. The van der Waals surface area contributed by atoms with Crippen LogP contribution in [0.15, 0.2) is 23.1 Å². The zero-order chi connectivity index (χ0) is 15.0. The van der Waals surface area contributed by atoms with E-state index in [2.05, 4.69) is 5.32 Å². The molecule has 6 heteroatoms. The first kappa shape index (κ1) is 17.6. The second-order valence-corrected chi connectivity index (χ2v) is 6.40. The van der Waals surface area contributed by atoms with Gasteiger partial charge in [0.15, 0.2) is 0 Å². The van der Waals surface area contributed by atoms with Crippen molar-refractivity contribution in [1.29, 1.82) is 0 Å². The molecule has 1 aromatic rings. The molecule has 0 radical (unpaired) electrons. The van der Waals surface area contributed by atoms with Gasteiger partial charge in [-0.25, -0.2) is 0 Å². The predicted molar refractivity (Wildman–Crippen MR) is 85.9 cm³/mol. The third-order valence-electron chi connectivity index (χ3n) is 2.54. The highest BCUT2D eigenvalue weighted by Gasteiger charge is 2.15. The molecule has 0 aliphatic rings. The fourth-order valence-corrected chi connectivity index (χ4v) is 2.92. The van der Waals surface area contributed by atoms with Crippen molar-refractivity contribution in [2.24, 2.45) is 0 Å². The largest absolute Gasteiger partial charge is 0.382 e. The lowest BCUT2D eigenvalue weighted by atomic mass is 10.4. The van der Waals surface area contributed by atoms with Crippen molar-refractivity contribution < 1.29 is 9.53 Å². The summed E-state index contributed by atoms with van der Waals surface area (Å²) >= 11 is 13.4. The van der Waals surface area contributed by atoms with Crippen molar-refractivity contribution in [2.75, 3.05) is 19.8 Å². The minimum Gasteiger partial charge on any atom is -0.382 e. The lowest BCUT2D eigenvalue weighted by Gasteiger charge is -2.13. The van der Waals surface area contributed by atoms with Crippen LogP contribution in [0.2, 0.25) is 10.0 Å². The maximum atomic E-state index is 11.9. The molecule has 0 fully saturated rings. The van der Waals surface area contributed by atoms with E-state index in [1.807, 2.05) is 13.8 Å². The van der Waals surface area contributed by atoms with Gasteiger partial charge in [-0.1, -0.05) is 23.2 Å². The van der Waals surface area contributed by atoms with Gasteiger partial charge in [-0.15, -0.1) is 11.8 Å². The van der Waals surface area contributed by atoms with Crippen molar-refractivity contribution >= 4 is 40.9 Å². The van der Waals surface area contributed by atoms with Crippen LogP contribution in [0.4, 0.5) is 0 Å². The lowest BCUT2D eigenvalue weighted by molar-refractivity contribution is -0.120. The van der Waals surface area contributed by atoms with Gasteiger partial charge in [-0.05, 0) is 38.5 Å². The van der Waals surface area contributed by atoms with Gasteiger partial charge in [0.2, 0.25) is 5.91 Å². The highest BCUT2D eigenvalue weighted by atomic mass is 35.5. The second-order valence-electron chi connectivity index (χ2n) is 4.18. The highest BCUT2D eigenvalue weighted by Crippen LogP contribution is 2.32. The quantitative estimate of drug-likeness (QED) is 0.576. The molecule has 0 aliphatic heterocycles. The van der Waals surface area contributed by atoms with E-state index in [-0.39, 0.29) is 11.2 Å². The van der Waals surface area contributed by atoms with E-state index in [0.717, 1.165) is 11.3 Å². The average molecular weight is 336 g/mol. The Morgan fingerprint density at radius 2 is 2.20 bits per heavy atom. The minimum absolute atomic E-state index is 0.0115. The molecule has 1 unspecified atom stereocenters. The third kappa shape index (κ3) is 6.35. The molecular weight excluding hydrogens is 317 g/mol. The Morgan fingerprint density at radius 1 is 1.45 bits per heavy atom. The van der Waals surface area contributed by atoms with Gasteiger partial charge in [-0.3, -0.25) is 4.79 Å². The van der Waals surface area contributed by atoms with E-state index in [4.69, 9.17) is 27.9 Å². The van der Waals surface area contributed by atoms with E-state index in [1.54, 1.807) is 18.2 Å². The van der Waals surface area contributed by atoms with Crippen LogP contribution in [0.25, 0.3) is 0 Å². The topological polar surface area (TPSA) is 38.3 Å². The zero-order valence-electron chi connectivity index (χ0n) is 11.6. The van der Waals surface area contributed by atoms with Crippen LogP contribution < -0.4 is 5.32 Å². The smallest absolute Gasteiger partial charge is 0.233 e. The standard InChI is InChI=1S/C14H19Cl2NO2S/c1-3-19-8-4-7-17-14(18)10(2)20-13-9-11(15)5-6-12(13)16/h5-6,9-10H,3-4,7-8H2,1-2H3,(H,17,18). The van der Waals surface area contributed by atoms with Gasteiger partial charge in [0.25, 0.3) is 0 Å². The number of carbonyl (C=O) groups is 1. The molecule has 1 atom stereocenters. The molecule has 3 nitrogen and oxygen atoms in total. The molecule has 0 aromatic heterocycles. The Hall–Kier alpha value is -0.420. The Labute approximate surface area is 134 Å². The van der Waals surface area contributed by atoms with E-state index in [1.165, 1.54) is 11.8 Å². The Bertz CT molecular complexity index is 443. The number of halogens is 2. The fourth-order valence-electron chi connectivity index (χ4n) is 1.49. The van der Waals surface area contributed by atoms with Crippen molar-refractivity contribution in [2.45, 2.75) is 30.4 Å². The van der Waals surface area contributed by atoms with Crippen molar-refractivity contribution in [3.63, 3.8) is 0 Å². The molecule has 0 spiro atoms. The first-order valence-corrected chi connectivity index (χ1v) is 8.15. The SMILES string of the molecule is CCOCCCNC(=O)C(C)Sc1cc(Cl)ccc1Cl. The summed E-state index contributed by atoms with van der Waals surface area (Å²) in [6, 6.07) is 5.23. The van der Waals surface area contributed by atoms with Gasteiger partial charge in [-0.2, -0.15) is 0 Å². The number of carbonyl (C=O) groups excluding carboxylic acids is 1. The molecule has 1 aromatic carbocycles. The number of hydrogen-bond acceptors (Lipinski definition) is 3. The number of benzene rings is 1. The van der Waals surface area contributed by atoms with Crippen LogP contribution in [0, 0.1) is 0 Å². The normalized spacial score (nSPS) is 12.2. The summed E-state index contributed by atoms with van der Waals surface area (Å²) in [4.78, 5) is 12.7. The van der Waals surface area contributed by atoms with Gasteiger partial charge >= 0.3 is 0 Å². The zero-order valence-corrected chi connectivity index (χ0v) is 13.9. The van der Waals surface area contributed by atoms with Crippen molar-refractivity contribution in [1.82, 2.24) is 5.32 Å². The summed E-state index contributed by atoms with van der Waals surface area (Å²) in [5, 5.41) is 3.87. The van der Waals surface area contributed by atoms with Gasteiger partial charge in [0.1, 0.15) is 0 Å². The van der Waals surface area contributed by atoms with E-state index < -0.39 is 0 Å². The molecule has 1 N–H and O–H groups in total. The molecule has 1 amide bonds. The highest BCUT2D eigenvalue weighted by molar-refractivity contribution is 8.00. The summed E-state index contributed by atoms with van der Waals surface area (Å²) < 4.78 is 5.21. The molecule has 112 valence electrons. The first-order valence-electron chi connectivity index (χ1n) is 6.51. The molecule has 0 saturated carbocycles. The van der Waals surface area contributed by atoms with E-state index in [0.29, 0.717) is 29.8 Å². The number of ether oxygens (including phenoxy) is 1. The Balaban J connectivity index is 2.39. The minimum atomic E-state index is -0.224. The maximum absolute atomic E-state index is 11.9. The van der Waals surface area contributed by atoms with E-state index >= 15 is 0 Å². The molecule has 0 aliphatic carbocycles. The Kier molecular flexibility index (Phi) is 8.38. The van der Waals surface area contributed by atoms with Crippen LogP contribution in [0.5, 0.6) is 0 Å². The Morgan fingerprint density at radius 3 is 2.90 bits per heavy atom. The molecule has 1 rings (SSSR count). The van der Waals surface area contributed by atoms with Crippen molar-refractivity contribution in [3.8, 4) is 0 Å². The fraction of sp³-hybridized carbons (Fsp3) is 0.500. The van der Waals surface area contributed by atoms with Crippen LogP contribution in [0.3, 0.4) is 0 Å². The summed E-state index contributed by atoms with van der Waals surface area (Å²) in [6.07, 6.45) is 0.814. The molecule has 0 heterocycles. The molecule has 0 bridgehead atoms. The molecule has 20 heavy (non-hydrogen) atoms. The molecule has 0 saturated heterocycles. The number of amides is 1. The van der Waals surface area contributed by atoms with Gasteiger partial charge in [0.05, 0.1) is 10.3 Å². The van der Waals surface area contributed by atoms with Crippen LogP contribution in [-0.4, -0.2) is 30.9 Å². The number of hydrogen-bond donors (Lipinski definition) is 1. The number of thioether (sulfide) groups is 1. The average Bonchev–Trinajstić information content (AvgIpc) is 2.42. The van der Waals surface area contributed by atoms with Crippen molar-refractivity contribution in [3.05, 3.63) is 28.2 Å². The number of rotatable bonds is 8. The number of nitrogens with one attached hydrogen (secondary N) is 1. The van der Waals surface area contributed by atoms with Gasteiger partial charge in [0, 0.05) is 29.7 Å². The monoisotopic (exact) mass is 335 g/mol. The second kappa shape index (κ2) is 9.50. The lowest BCUT2D eigenvalue weighted by Crippen LogP contribution is -2.32. The summed E-state index contributed by atoms with van der Waals surface area (Å²) in [6.45, 7) is 5.78. The molecular formula is C14H19Cl2NO2S. The van der Waals surface area contributed by atoms with E-state index in [9.17, 15) is 4.79 Å². The summed E-state index contributed by atoms with van der Waals surface area (Å²) in [5.74, 6) is -0.0115. The third-order valence-corrected chi connectivity index (χ3v) is 4.37. The first-order chi connectivity index (χ1) is 9.54. The van der Waals surface area contributed by atoms with Gasteiger partial charge < -0.3 is 10.1 Å². The van der Waals surface area contributed by atoms with Crippen LogP contribution in [-0.2, 0) is 9.53 Å². The van der Waals surface area contributed by atoms with Crippen LogP contribution in [0.1, 0.15) is 20.3 Å². The predicted octanol–water partition coefficient (Wildman–Crippen LogP) is 4.02.